The molecule has 23 heavy (non-hydrogen) atoms. The van der Waals surface area contributed by atoms with Crippen molar-refractivity contribution in [2.45, 2.75) is 44.5 Å². The van der Waals surface area contributed by atoms with Crippen LogP contribution in [-0.2, 0) is 19.1 Å². The van der Waals surface area contributed by atoms with E-state index < -0.39 is 17.6 Å². The highest BCUT2D eigenvalue weighted by atomic mass is 16.7. The quantitative estimate of drug-likeness (QED) is 0.832. The second-order valence-electron chi connectivity index (χ2n) is 6.15. The summed E-state index contributed by atoms with van der Waals surface area (Å²) < 4.78 is 11.7. The molecule has 0 aromatic heterocycles. The molecule has 6 heteroatoms. The molecule has 2 aliphatic rings. The zero-order valence-electron chi connectivity index (χ0n) is 13.3. The average Bonchev–Trinajstić information content (AvgIpc) is 3.17. The van der Waals surface area contributed by atoms with Crippen LogP contribution in [0.25, 0.3) is 0 Å². The number of aryl methyl sites for hydroxylation is 1. The van der Waals surface area contributed by atoms with E-state index in [1.807, 2.05) is 25.1 Å². The van der Waals surface area contributed by atoms with E-state index in [9.17, 15) is 9.59 Å². The molecule has 1 heterocycles. The third-order valence-corrected chi connectivity index (χ3v) is 4.37. The smallest absolute Gasteiger partial charge is 0.313 e. The molecule has 1 aromatic carbocycles. The van der Waals surface area contributed by atoms with Gasteiger partial charge in [-0.25, -0.2) is 0 Å². The van der Waals surface area contributed by atoms with Gasteiger partial charge in [0.15, 0.2) is 5.79 Å². The molecule has 124 valence electrons. The van der Waals surface area contributed by atoms with Crippen LogP contribution < -0.4 is 10.6 Å². The van der Waals surface area contributed by atoms with Crippen molar-refractivity contribution in [1.29, 1.82) is 0 Å². The molecule has 0 bridgehead atoms. The van der Waals surface area contributed by atoms with Crippen LogP contribution in [0.4, 0.5) is 5.69 Å². The maximum Gasteiger partial charge on any atom is 0.313 e. The van der Waals surface area contributed by atoms with Crippen molar-refractivity contribution in [2.75, 3.05) is 18.5 Å². The van der Waals surface area contributed by atoms with Crippen LogP contribution in [-0.4, -0.2) is 36.9 Å². The number of ether oxygens (including phenoxy) is 2. The van der Waals surface area contributed by atoms with Crippen molar-refractivity contribution < 1.29 is 19.1 Å². The number of amides is 2. The summed E-state index contributed by atoms with van der Waals surface area (Å²) >= 11 is 0. The largest absolute Gasteiger partial charge is 0.347 e. The summed E-state index contributed by atoms with van der Waals surface area (Å²) in [4.78, 5) is 23.8. The van der Waals surface area contributed by atoms with Gasteiger partial charge in [0.05, 0.1) is 6.61 Å². The number of nitrogens with one attached hydrogen (secondary N) is 2. The summed E-state index contributed by atoms with van der Waals surface area (Å²) in [6.45, 7) is 2.61. The van der Waals surface area contributed by atoms with Gasteiger partial charge >= 0.3 is 11.8 Å². The molecule has 1 spiro atoms. The summed E-state index contributed by atoms with van der Waals surface area (Å²) in [6.07, 6.45) is 3.84. The normalized spacial score (nSPS) is 22.2. The van der Waals surface area contributed by atoms with Crippen LogP contribution in [0.15, 0.2) is 24.3 Å². The lowest BCUT2D eigenvalue weighted by atomic mass is 10.2. The van der Waals surface area contributed by atoms with Gasteiger partial charge in [0.2, 0.25) is 0 Å². The molecular weight excluding hydrogens is 296 g/mol. The van der Waals surface area contributed by atoms with Gasteiger partial charge in [0, 0.05) is 25.1 Å². The Morgan fingerprint density at radius 1 is 1.22 bits per heavy atom. The average molecular weight is 318 g/mol. The third kappa shape index (κ3) is 3.71. The summed E-state index contributed by atoms with van der Waals surface area (Å²) in [5, 5.41) is 5.23. The van der Waals surface area contributed by atoms with E-state index in [0.29, 0.717) is 12.3 Å². The van der Waals surface area contributed by atoms with E-state index in [1.165, 1.54) is 0 Å². The Balaban J connectivity index is 1.46. The Kier molecular flexibility index (Phi) is 4.63. The van der Waals surface area contributed by atoms with Gasteiger partial charge in [-0.2, -0.15) is 0 Å². The predicted octanol–water partition coefficient (Wildman–Crippen LogP) is 1.74. The Morgan fingerprint density at radius 2 is 1.96 bits per heavy atom. The van der Waals surface area contributed by atoms with Crippen LogP contribution in [0, 0.1) is 6.92 Å². The molecule has 2 N–H and O–H groups in total. The minimum Gasteiger partial charge on any atom is -0.347 e. The SMILES string of the molecule is Cc1ccccc1NC(=O)C(=O)NC[C@H]1COC2(CCCC2)O1. The Morgan fingerprint density at radius 3 is 2.70 bits per heavy atom. The van der Waals surface area contributed by atoms with Gasteiger partial charge in [-0.1, -0.05) is 18.2 Å². The minimum absolute atomic E-state index is 0.191. The standard InChI is InChI=1S/C17H22N2O4/c1-12-6-2-3-7-14(12)19-16(21)15(20)18-10-13-11-22-17(23-13)8-4-5-9-17/h2-3,6-7,13H,4-5,8-11H2,1H3,(H,18,20)(H,19,21)/t13-/m0/s1. The highest BCUT2D eigenvalue weighted by Gasteiger charge is 2.43. The maximum atomic E-state index is 11.9. The monoisotopic (exact) mass is 318 g/mol. The number of hydrogen-bond acceptors (Lipinski definition) is 4. The first kappa shape index (κ1) is 16.0. The number of carbonyl (C=O) groups is 2. The first-order valence-corrected chi connectivity index (χ1v) is 8.05. The fourth-order valence-electron chi connectivity index (χ4n) is 3.07. The molecule has 1 saturated carbocycles. The van der Waals surface area contributed by atoms with Gasteiger partial charge in [-0.15, -0.1) is 0 Å². The number of carbonyl (C=O) groups excluding carboxylic acids is 2. The van der Waals surface area contributed by atoms with Crippen molar-refractivity contribution in [1.82, 2.24) is 5.32 Å². The molecule has 1 aliphatic heterocycles. The van der Waals surface area contributed by atoms with Crippen molar-refractivity contribution >= 4 is 17.5 Å². The molecule has 1 aliphatic carbocycles. The first-order valence-electron chi connectivity index (χ1n) is 8.05. The van der Waals surface area contributed by atoms with Gasteiger partial charge < -0.3 is 20.1 Å². The number of rotatable bonds is 3. The van der Waals surface area contributed by atoms with Gasteiger partial charge in [0.1, 0.15) is 6.10 Å². The number of benzene rings is 1. The zero-order valence-corrected chi connectivity index (χ0v) is 13.3. The summed E-state index contributed by atoms with van der Waals surface area (Å²) in [5.41, 5.74) is 1.54. The highest BCUT2D eigenvalue weighted by molar-refractivity contribution is 6.39. The van der Waals surface area contributed by atoms with E-state index in [2.05, 4.69) is 10.6 Å². The number of para-hydroxylation sites is 1. The molecule has 1 saturated heterocycles. The van der Waals surface area contributed by atoms with Crippen molar-refractivity contribution in [3.05, 3.63) is 29.8 Å². The number of hydrogen-bond donors (Lipinski definition) is 2. The van der Waals surface area contributed by atoms with Gasteiger partial charge in [-0.05, 0) is 31.4 Å². The highest BCUT2D eigenvalue weighted by Crippen LogP contribution is 2.38. The molecule has 6 nitrogen and oxygen atoms in total. The molecule has 2 amide bonds. The second-order valence-corrected chi connectivity index (χ2v) is 6.15. The molecule has 2 fully saturated rings. The van der Waals surface area contributed by atoms with E-state index in [1.54, 1.807) is 6.07 Å². The zero-order chi connectivity index (χ0) is 16.3. The summed E-state index contributed by atoms with van der Waals surface area (Å²) in [5.74, 6) is -1.78. The molecule has 0 unspecified atom stereocenters. The van der Waals surface area contributed by atoms with E-state index in [-0.39, 0.29) is 12.6 Å². The fourth-order valence-corrected chi connectivity index (χ4v) is 3.07. The topological polar surface area (TPSA) is 76.7 Å². The van der Waals surface area contributed by atoms with Crippen LogP contribution >= 0.6 is 0 Å². The van der Waals surface area contributed by atoms with Crippen molar-refractivity contribution in [3.8, 4) is 0 Å². The van der Waals surface area contributed by atoms with Crippen LogP contribution in [0.3, 0.4) is 0 Å². The van der Waals surface area contributed by atoms with E-state index in [4.69, 9.17) is 9.47 Å². The lowest BCUT2D eigenvalue weighted by Gasteiger charge is -2.21. The molecule has 3 rings (SSSR count). The minimum atomic E-state index is -0.672. The third-order valence-electron chi connectivity index (χ3n) is 4.37. The molecule has 0 radical (unpaired) electrons. The lowest BCUT2D eigenvalue weighted by Crippen LogP contribution is -2.40. The maximum absolute atomic E-state index is 11.9. The molecule has 1 aromatic rings. The first-order chi connectivity index (χ1) is 11.1. The van der Waals surface area contributed by atoms with Gasteiger partial charge in [-0.3, -0.25) is 9.59 Å². The van der Waals surface area contributed by atoms with Crippen LogP contribution in [0.1, 0.15) is 31.2 Å². The summed E-state index contributed by atoms with van der Waals surface area (Å²) in [7, 11) is 0. The molecule has 1 atom stereocenters. The van der Waals surface area contributed by atoms with Crippen molar-refractivity contribution in [2.24, 2.45) is 0 Å². The van der Waals surface area contributed by atoms with Crippen LogP contribution in [0.2, 0.25) is 0 Å². The Labute approximate surface area is 135 Å². The fraction of sp³-hybridized carbons (Fsp3) is 0.529. The predicted molar refractivity (Wildman–Crippen MR) is 84.8 cm³/mol. The summed E-state index contributed by atoms with van der Waals surface area (Å²) in [6, 6.07) is 7.32. The second kappa shape index (κ2) is 6.68. The van der Waals surface area contributed by atoms with E-state index >= 15 is 0 Å². The number of anilines is 1. The van der Waals surface area contributed by atoms with Crippen LogP contribution in [0.5, 0.6) is 0 Å². The Hall–Kier alpha value is -1.92. The lowest BCUT2D eigenvalue weighted by molar-refractivity contribution is -0.161. The van der Waals surface area contributed by atoms with E-state index in [0.717, 1.165) is 31.2 Å². The van der Waals surface area contributed by atoms with Gasteiger partial charge in [0.25, 0.3) is 0 Å². The van der Waals surface area contributed by atoms with Crippen molar-refractivity contribution in [3.63, 3.8) is 0 Å². The Bertz CT molecular complexity index is 596. The molecular formula is C17H22N2O4.